The summed E-state index contributed by atoms with van der Waals surface area (Å²) in [6, 6.07) is 3.80. The van der Waals surface area contributed by atoms with Gasteiger partial charge in [0.25, 0.3) is 0 Å². The Hall–Kier alpha value is -1.42. The third kappa shape index (κ3) is 4.04. The first kappa shape index (κ1) is 16.6. The van der Waals surface area contributed by atoms with Crippen molar-refractivity contribution in [1.29, 1.82) is 0 Å². The van der Waals surface area contributed by atoms with E-state index in [1.54, 1.807) is 21.3 Å². The van der Waals surface area contributed by atoms with Crippen LogP contribution in [0.2, 0.25) is 0 Å². The minimum absolute atomic E-state index is 0.0402. The van der Waals surface area contributed by atoms with Crippen molar-refractivity contribution in [2.45, 2.75) is 45.1 Å². The Morgan fingerprint density at radius 3 is 2.20 bits per heavy atom. The summed E-state index contributed by atoms with van der Waals surface area (Å²) >= 11 is 0. The average Bonchev–Trinajstić information content (AvgIpc) is 2.49. The van der Waals surface area contributed by atoms with Crippen LogP contribution in [0, 0.1) is 0 Å². The maximum Gasteiger partial charge on any atom is 0.203 e. The van der Waals surface area contributed by atoms with Gasteiger partial charge >= 0.3 is 0 Å². The number of hydrogen-bond acceptors (Lipinski definition) is 4. The van der Waals surface area contributed by atoms with Crippen LogP contribution in [-0.4, -0.2) is 21.3 Å². The van der Waals surface area contributed by atoms with Gasteiger partial charge in [-0.2, -0.15) is 0 Å². The normalized spacial score (nSPS) is 12.1. The van der Waals surface area contributed by atoms with E-state index in [1.807, 2.05) is 12.1 Å². The highest BCUT2D eigenvalue weighted by Crippen LogP contribution is 2.42. The van der Waals surface area contributed by atoms with Crippen molar-refractivity contribution in [2.75, 3.05) is 21.3 Å². The molecule has 0 aliphatic rings. The number of methoxy groups -OCH3 is 3. The third-order valence-corrected chi connectivity index (χ3v) is 3.50. The van der Waals surface area contributed by atoms with Crippen LogP contribution in [0.5, 0.6) is 17.2 Å². The summed E-state index contributed by atoms with van der Waals surface area (Å²) in [6.45, 7) is 2.21. The number of benzene rings is 1. The molecule has 114 valence electrons. The lowest BCUT2D eigenvalue weighted by Crippen LogP contribution is -2.12. The largest absolute Gasteiger partial charge is 0.493 e. The van der Waals surface area contributed by atoms with Gasteiger partial charge in [0.15, 0.2) is 11.5 Å². The molecule has 2 N–H and O–H groups in total. The second-order valence-electron chi connectivity index (χ2n) is 4.88. The summed E-state index contributed by atoms with van der Waals surface area (Å²) in [7, 11) is 4.85. The van der Waals surface area contributed by atoms with Crippen molar-refractivity contribution in [2.24, 2.45) is 5.73 Å². The summed E-state index contributed by atoms with van der Waals surface area (Å²) in [5, 5.41) is 0. The average molecular weight is 281 g/mol. The quantitative estimate of drug-likeness (QED) is 0.701. The summed E-state index contributed by atoms with van der Waals surface area (Å²) in [4.78, 5) is 0. The minimum atomic E-state index is -0.0402. The SMILES string of the molecule is CCCCCCC(N)c1ccc(OC)c(OC)c1OC. The molecule has 0 heterocycles. The Morgan fingerprint density at radius 1 is 0.950 bits per heavy atom. The van der Waals surface area contributed by atoms with E-state index in [0.29, 0.717) is 17.2 Å². The number of nitrogens with two attached hydrogens (primary N) is 1. The van der Waals surface area contributed by atoms with Crippen molar-refractivity contribution in [3.05, 3.63) is 17.7 Å². The fourth-order valence-electron chi connectivity index (χ4n) is 2.36. The van der Waals surface area contributed by atoms with Gasteiger partial charge in [-0.15, -0.1) is 0 Å². The van der Waals surface area contributed by atoms with Gasteiger partial charge < -0.3 is 19.9 Å². The molecule has 4 nitrogen and oxygen atoms in total. The molecule has 0 aromatic heterocycles. The van der Waals surface area contributed by atoms with E-state index in [4.69, 9.17) is 19.9 Å². The van der Waals surface area contributed by atoms with Crippen LogP contribution in [0.15, 0.2) is 12.1 Å². The second kappa shape index (κ2) is 8.69. The van der Waals surface area contributed by atoms with Gasteiger partial charge in [0.2, 0.25) is 5.75 Å². The highest BCUT2D eigenvalue weighted by Gasteiger charge is 2.19. The summed E-state index contributed by atoms with van der Waals surface area (Å²) in [5.74, 6) is 1.94. The number of rotatable bonds is 9. The van der Waals surface area contributed by atoms with Gasteiger partial charge in [0.05, 0.1) is 21.3 Å². The molecule has 20 heavy (non-hydrogen) atoms. The molecule has 0 spiro atoms. The highest BCUT2D eigenvalue weighted by molar-refractivity contribution is 5.56. The molecular weight excluding hydrogens is 254 g/mol. The van der Waals surface area contributed by atoms with Crippen LogP contribution >= 0.6 is 0 Å². The molecule has 4 heteroatoms. The van der Waals surface area contributed by atoms with Crippen LogP contribution < -0.4 is 19.9 Å². The predicted octanol–water partition coefficient (Wildman–Crippen LogP) is 3.68. The Balaban J connectivity index is 2.88. The molecule has 1 aromatic carbocycles. The monoisotopic (exact) mass is 281 g/mol. The van der Waals surface area contributed by atoms with Gasteiger partial charge in [-0.3, -0.25) is 0 Å². The summed E-state index contributed by atoms with van der Waals surface area (Å²) in [5.41, 5.74) is 7.27. The first-order chi connectivity index (χ1) is 9.69. The van der Waals surface area contributed by atoms with Crippen molar-refractivity contribution >= 4 is 0 Å². The van der Waals surface area contributed by atoms with E-state index in [9.17, 15) is 0 Å². The van der Waals surface area contributed by atoms with Crippen molar-refractivity contribution < 1.29 is 14.2 Å². The van der Waals surface area contributed by atoms with Crippen molar-refractivity contribution in [3.63, 3.8) is 0 Å². The molecule has 0 fully saturated rings. The van der Waals surface area contributed by atoms with Crippen molar-refractivity contribution in [3.8, 4) is 17.2 Å². The van der Waals surface area contributed by atoms with Gasteiger partial charge in [-0.25, -0.2) is 0 Å². The van der Waals surface area contributed by atoms with E-state index in [2.05, 4.69) is 6.92 Å². The number of hydrogen-bond donors (Lipinski definition) is 1. The maximum absolute atomic E-state index is 6.29. The molecule has 0 amide bonds. The van der Waals surface area contributed by atoms with E-state index in [1.165, 1.54) is 19.3 Å². The van der Waals surface area contributed by atoms with Crippen LogP contribution in [0.1, 0.15) is 50.6 Å². The van der Waals surface area contributed by atoms with Crippen LogP contribution in [-0.2, 0) is 0 Å². The smallest absolute Gasteiger partial charge is 0.203 e. The summed E-state index contributed by atoms with van der Waals surface area (Å²) < 4.78 is 16.1. The summed E-state index contributed by atoms with van der Waals surface area (Å²) in [6.07, 6.45) is 5.79. The van der Waals surface area contributed by atoms with Crippen LogP contribution in [0.3, 0.4) is 0 Å². The van der Waals surface area contributed by atoms with Gasteiger partial charge in [-0.1, -0.05) is 32.6 Å². The Morgan fingerprint density at radius 2 is 1.65 bits per heavy atom. The standard InChI is InChI=1S/C16H27NO3/c1-5-6-7-8-9-13(17)12-10-11-14(18-2)16(20-4)15(12)19-3/h10-11,13H,5-9,17H2,1-4H3. The molecular formula is C16H27NO3. The minimum Gasteiger partial charge on any atom is -0.493 e. The van der Waals surface area contributed by atoms with E-state index >= 15 is 0 Å². The predicted molar refractivity (Wildman–Crippen MR) is 81.8 cm³/mol. The van der Waals surface area contributed by atoms with Gasteiger partial charge in [0, 0.05) is 11.6 Å². The Kier molecular flexibility index (Phi) is 7.23. The molecule has 1 atom stereocenters. The Bertz CT molecular complexity index is 407. The molecule has 1 unspecified atom stereocenters. The lowest BCUT2D eigenvalue weighted by Gasteiger charge is -2.19. The molecule has 1 rings (SSSR count). The fraction of sp³-hybridized carbons (Fsp3) is 0.625. The van der Waals surface area contributed by atoms with Crippen LogP contribution in [0.25, 0.3) is 0 Å². The lowest BCUT2D eigenvalue weighted by atomic mass is 9.99. The molecule has 0 bridgehead atoms. The zero-order valence-electron chi connectivity index (χ0n) is 13.1. The molecule has 0 aliphatic carbocycles. The zero-order chi connectivity index (χ0) is 15.0. The zero-order valence-corrected chi connectivity index (χ0v) is 13.1. The van der Waals surface area contributed by atoms with Gasteiger partial charge in [-0.05, 0) is 18.6 Å². The lowest BCUT2D eigenvalue weighted by molar-refractivity contribution is 0.320. The first-order valence-electron chi connectivity index (χ1n) is 7.24. The molecule has 0 radical (unpaired) electrons. The number of ether oxygens (including phenoxy) is 3. The maximum atomic E-state index is 6.29. The van der Waals surface area contributed by atoms with Crippen LogP contribution in [0.4, 0.5) is 0 Å². The first-order valence-corrected chi connectivity index (χ1v) is 7.24. The fourth-order valence-corrected chi connectivity index (χ4v) is 2.36. The second-order valence-corrected chi connectivity index (χ2v) is 4.88. The molecule has 1 aromatic rings. The molecule has 0 saturated carbocycles. The van der Waals surface area contributed by atoms with Gasteiger partial charge in [0.1, 0.15) is 0 Å². The molecule has 0 saturated heterocycles. The van der Waals surface area contributed by atoms with E-state index in [-0.39, 0.29) is 6.04 Å². The number of unbranched alkanes of at least 4 members (excludes halogenated alkanes) is 3. The third-order valence-electron chi connectivity index (χ3n) is 3.50. The van der Waals surface area contributed by atoms with E-state index < -0.39 is 0 Å². The van der Waals surface area contributed by atoms with Crippen molar-refractivity contribution in [1.82, 2.24) is 0 Å². The Labute approximate surface area is 122 Å². The topological polar surface area (TPSA) is 53.7 Å². The molecule has 0 aliphatic heterocycles. The highest BCUT2D eigenvalue weighted by atomic mass is 16.5. The van der Waals surface area contributed by atoms with E-state index in [0.717, 1.165) is 18.4 Å².